The van der Waals surface area contributed by atoms with E-state index >= 15 is 0 Å². The van der Waals surface area contributed by atoms with Crippen LogP contribution in [0.3, 0.4) is 0 Å². The molecule has 226 valence electrons. The fourth-order valence-corrected chi connectivity index (χ4v) is 5.14. The molecule has 9 nitrogen and oxygen atoms in total. The number of ether oxygens (including phenoxy) is 3. The summed E-state index contributed by atoms with van der Waals surface area (Å²) in [6.45, 7) is 16.6. The molecular weight excluding hydrogens is 512 g/mol. The third-order valence-electron chi connectivity index (χ3n) is 8.09. The van der Waals surface area contributed by atoms with Gasteiger partial charge in [0.15, 0.2) is 0 Å². The predicted molar refractivity (Wildman–Crippen MR) is 156 cm³/mol. The number of aliphatic hydroxyl groups is 2. The second-order valence-electron chi connectivity index (χ2n) is 12.1. The number of esters is 2. The van der Waals surface area contributed by atoms with E-state index in [4.69, 9.17) is 19.9 Å². The molecule has 0 aromatic carbocycles. The van der Waals surface area contributed by atoms with Crippen LogP contribution in [-0.2, 0) is 23.8 Å². The van der Waals surface area contributed by atoms with Gasteiger partial charge in [-0.3, -0.25) is 14.6 Å². The molecule has 40 heavy (non-hydrogen) atoms. The van der Waals surface area contributed by atoms with Gasteiger partial charge in [-0.25, -0.2) is 0 Å². The minimum absolute atomic E-state index is 0.00340. The molecular formula is C31H50N2O7. The number of nitrogens with two attached hydrogens (primary N) is 1. The van der Waals surface area contributed by atoms with E-state index in [2.05, 4.69) is 11.7 Å². The number of allylic oxidation sites excluding steroid dienone is 2. The van der Waals surface area contributed by atoms with Gasteiger partial charge in [0.05, 0.1) is 41.9 Å². The van der Waals surface area contributed by atoms with Crippen molar-refractivity contribution in [3.63, 3.8) is 0 Å². The zero-order chi connectivity index (χ0) is 30.3. The van der Waals surface area contributed by atoms with Gasteiger partial charge in [-0.1, -0.05) is 45.1 Å². The first kappa shape index (κ1) is 33.9. The summed E-state index contributed by atoms with van der Waals surface area (Å²) >= 11 is 0. The number of carbonyl (C=O) groups is 2. The van der Waals surface area contributed by atoms with E-state index in [1.54, 1.807) is 13.0 Å². The summed E-state index contributed by atoms with van der Waals surface area (Å²) in [5, 5.41) is 20.6. The van der Waals surface area contributed by atoms with Crippen molar-refractivity contribution in [2.45, 2.75) is 128 Å². The van der Waals surface area contributed by atoms with Gasteiger partial charge in [-0.2, -0.15) is 0 Å². The normalized spacial score (nSPS) is 35.9. The van der Waals surface area contributed by atoms with Crippen LogP contribution in [0.5, 0.6) is 0 Å². The second kappa shape index (κ2) is 14.5. The summed E-state index contributed by atoms with van der Waals surface area (Å²) in [5.41, 5.74) is 5.77. The van der Waals surface area contributed by atoms with E-state index in [1.807, 2.05) is 58.9 Å². The minimum Gasteiger partial charge on any atom is -0.457 e. The molecule has 2 aliphatic heterocycles. The van der Waals surface area contributed by atoms with Crippen molar-refractivity contribution in [1.29, 1.82) is 0 Å². The average molecular weight is 563 g/mol. The van der Waals surface area contributed by atoms with Crippen LogP contribution in [0.15, 0.2) is 40.9 Å². The van der Waals surface area contributed by atoms with Gasteiger partial charge in [-0.15, -0.1) is 0 Å². The van der Waals surface area contributed by atoms with Crippen molar-refractivity contribution in [2.24, 2.45) is 22.6 Å². The summed E-state index contributed by atoms with van der Waals surface area (Å²) in [6.07, 6.45) is 8.44. The number of aliphatic hydroxyl groups excluding tert-OH is 2. The zero-order valence-corrected chi connectivity index (χ0v) is 25.2. The Kier molecular flexibility index (Phi) is 12.3. The summed E-state index contributed by atoms with van der Waals surface area (Å²) in [6, 6.07) is 0. The molecule has 9 heteroatoms. The van der Waals surface area contributed by atoms with Crippen LogP contribution >= 0.6 is 0 Å². The third-order valence-corrected chi connectivity index (χ3v) is 8.09. The van der Waals surface area contributed by atoms with Crippen molar-refractivity contribution in [1.82, 2.24) is 0 Å². The van der Waals surface area contributed by atoms with Gasteiger partial charge in [-0.05, 0) is 58.4 Å². The van der Waals surface area contributed by atoms with E-state index in [9.17, 15) is 19.8 Å². The first-order valence-corrected chi connectivity index (χ1v) is 14.3. The van der Waals surface area contributed by atoms with Gasteiger partial charge in [0, 0.05) is 25.2 Å². The Balaban J connectivity index is 2.23. The molecule has 0 radical (unpaired) electrons. The van der Waals surface area contributed by atoms with Crippen LogP contribution in [0.1, 0.15) is 80.6 Å². The van der Waals surface area contributed by atoms with Crippen molar-refractivity contribution in [3.05, 3.63) is 36.0 Å². The summed E-state index contributed by atoms with van der Waals surface area (Å²) in [7, 11) is 0. The van der Waals surface area contributed by atoms with Crippen LogP contribution < -0.4 is 5.73 Å². The van der Waals surface area contributed by atoms with Crippen LogP contribution in [-0.4, -0.2) is 76.6 Å². The number of carbonyl (C=O) groups excluding carboxylic acids is 2. The molecule has 1 saturated heterocycles. The quantitative estimate of drug-likeness (QED) is 0.120. The van der Waals surface area contributed by atoms with Crippen molar-refractivity contribution in [3.8, 4) is 0 Å². The largest absolute Gasteiger partial charge is 0.457 e. The molecule has 0 aromatic rings. The first-order valence-electron chi connectivity index (χ1n) is 14.3. The highest BCUT2D eigenvalue weighted by Gasteiger charge is 2.47. The molecule has 1 fully saturated rings. The number of nitrogens with zero attached hydrogens (tertiary/aromatic N) is 1. The highest BCUT2D eigenvalue weighted by atomic mass is 16.6. The van der Waals surface area contributed by atoms with Crippen molar-refractivity contribution in [2.75, 3.05) is 0 Å². The lowest BCUT2D eigenvalue weighted by Gasteiger charge is -2.33. The number of hydrogen-bond donors (Lipinski definition) is 3. The topological polar surface area (TPSA) is 144 Å². The third kappa shape index (κ3) is 9.94. The van der Waals surface area contributed by atoms with Crippen LogP contribution in [0, 0.1) is 11.8 Å². The van der Waals surface area contributed by atoms with Gasteiger partial charge in [0.1, 0.15) is 12.2 Å². The highest BCUT2D eigenvalue weighted by Crippen LogP contribution is 2.38. The maximum atomic E-state index is 12.7. The molecule has 2 rings (SSSR count). The molecule has 10 atom stereocenters. The molecule has 0 aromatic heterocycles. The lowest BCUT2D eigenvalue weighted by Crippen LogP contribution is -2.49. The molecule has 4 N–H and O–H groups in total. The van der Waals surface area contributed by atoms with Crippen LogP contribution in [0.4, 0.5) is 0 Å². The second-order valence-corrected chi connectivity index (χ2v) is 12.1. The maximum Gasteiger partial charge on any atom is 0.309 e. The fourth-order valence-electron chi connectivity index (χ4n) is 5.14. The van der Waals surface area contributed by atoms with Gasteiger partial charge in [0.2, 0.25) is 0 Å². The minimum atomic E-state index is -0.925. The van der Waals surface area contributed by atoms with E-state index in [-0.39, 0.29) is 36.9 Å². The Morgan fingerprint density at radius 2 is 2.08 bits per heavy atom. The maximum absolute atomic E-state index is 12.7. The summed E-state index contributed by atoms with van der Waals surface area (Å²) < 4.78 is 17.2. The Morgan fingerprint density at radius 1 is 1.40 bits per heavy atom. The number of aliphatic imine (C=N–C) groups is 1. The molecule has 0 spiro atoms. The van der Waals surface area contributed by atoms with Crippen LogP contribution in [0.2, 0.25) is 0 Å². The van der Waals surface area contributed by atoms with E-state index in [1.165, 1.54) is 6.92 Å². The SMILES string of the molecule is C=NC(C)(/C=C/C=C(\C)C1OC(=O)CC(O)CCC(C)(N)C(OC(C)=O)/C=C/C1C)CC1OC1C(C)C(O)CC. The molecule has 0 bridgehead atoms. The summed E-state index contributed by atoms with van der Waals surface area (Å²) in [5.74, 6) is -1.16. The number of hydrogen-bond acceptors (Lipinski definition) is 9. The smallest absolute Gasteiger partial charge is 0.309 e. The Bertz CT molecular complexity index is 975. The first-order chi connectivity index (χ1) is 18.6. The highest BCUT2D eigenvalue weighted by molar-refractivity contribution is 5.70. The van der Waals surface area contributed by atoms with Crippen molar-refractivity contribution < 1.29 is 34.0 Å². The van der Waals surface area contributed by atoms with Crippen LogP contribution in [0.25, 0.3) is 0 Å². The molecule has 0 aliphatic carbocycles. The number of cyclic esters (lactones) is 1. The Labute approximate surface area is 239 Å². The molecule has 2 heterocycles. The van der Waals surface area contributed by atoms with E-state index in [0.29, 0.717) is 19.3 Å². The standard InChI is InChI=1S/C31H50N2O7/c1-9-24(36)21(4)29-25(39-29)18-30(6,33-8)15-10-11-19(2)28-20(3)12-13-26(38-22(5)34)31(7,32)16-14-23(35)17-27(37)40-28/h10-13,15,20-21,23-26,28-29,35-36H,8-9,14,16-18,32H2,1-7H3/b13-12+,15-10+,19-11+. The van der Waals surface area contributed by atoms with E-state index in [0.717, 1.165) is 5.57 Å². The average Bonchev–Trinajstić information content (AvgIpc) is 3.64. The summed E-state index contributed by atoms with van der Waals surface area (Å²) in [4.78, 5) is 28.8. The molecule has 2 aliphatic rings. The zero-order valence-electron chi connectivity index (χ0n) is 25.2. The Morgan fingerprint density at radius 3 is 2.67 bits per heavy atom. The predicted octanol–water partition coefficient (Wildman–Crippen LogP) is 3.81. The Hall–Kier alpha value is -2.33. The van der Waals surface area contributed by atoms with Gasteiger partial charge in [0.25, 0.3) is 0 Å². The number of epoxide rings is 1. The van der Waals surface area contributed by atoms with Gasteiger partial charge >= 0.3 is 11.9 Å². The number of rotatable bonds is 10. The molecule has 0 saturated carbocycles. The molecule has 10 unspecified atom stereocenters. The lowest BCUT2D eigenvalue weighted by atomic mass is 9.86. The monoisotopic (exact) mass is 562 g/mol. The lowest BCUT2D eigenvalue weighted by molar-refractivity contribution is -0.151. The molecule has 0 amide bonds. The van der Waals surface area contributed by atoms with Crippen molar-refractivity contribution >= 4 is 18.7 Å². The fraction of sp³-hybridized carbons (Fsp3) is 0.710. The van der Waals surface area contributed by atoms with Gasteiger partial charge < -0.3 is 30.2 Å². The van der Waals surface area contributed by atoms with E-state index < -0.39 is 47.4 Å².